The van der Waals surface area contributed by atoms with Gasteiger partial charge in [-0.2, -0.15) is 0 Å². The Labute approximate surface area is 126 Å². The Hall–Kier alpha value is -1.96. The highest BCUT2D eigenvalue weighted by atomic mass is 79.9. The highest BCUT2D eigenvalue weighted by molar-refractivity contribution is 9.10. The maximum Gasteiger partial charge on any atom is 0.573 e. The number of nitrogens with zero attached hydrogens (tertiary/aromatic N) is 1. The second-order valence-corrected chi connectivity index (χ2v) is 4.75. The van der Waals surface area contributed by atoms with Crippen LogP contribution in [0.2, 0.25) is 0 Å². The molecule has 0 aliphatic heterocycles. The lowest BCUT2D eigenvalue weighted by atomic mass is 10.2. The average molecular weight is 363 g/mol. The van der Waals surface area contributed by atoms with E-state index in [9.17, 15) is 13.2 Å². The van der Waals surface area contributed by atoms with Crippen LogP contribution in [0.15, 0.2) is 41.0 Å². The van der Waals surface area contributed by atoms with Crippen molar-refractivity contribution >= 4 is 21.7 Å². The Kier molecular flexibility index (Phi) is 4.56. The first kappa shape index (κ1) is 15.4. The number of hydrogen-bond donors (Lipinski definition) is 1. The molecular formula is C13H10BrF3N2O2. The highest BCUT2D eigenvalue weighted by Gasteiger charge is 2.32. The number of halogens is 4. The van der Waals surface area contributed by atoms with Crippen LogP contribution in [-0.4, -0.2) is 11.3 Å². The maximum absolute atomic E-state index is 12.3. The van der Waals surface area contributed by atoms with Gasteiger partial charge < -0.3 is 15.2 Å². The fraction of sp³-hybridized carbons (Fsp3) is 0.154. The number of benzene rings is 1. The number of alkyl halides is 3. The molecule has 2 aromatic rings. The third kappa shape index (κ3) is 4.25. The molecule has 8 heteroatoms. The van der Waals surface area contributed by atoms with Gasteiger partial charge in [0, 0.05) is 11.8 Å². The van der Waals surface area contributed by atoms with Crippen LogP contribution in [-0.2, 0) is 6.61 Å². The standard InChI is InChI=1S/C13H10BrF3N2O2/c14-11-8(3-1-4-9(11)21-13(15,16)17)7-20-10-5-2-6-19-12(10)18/h1-6H,7H2,(H2,18,19). The molecule has 1 aromatic carbocycles. The van der Waals surface area contributed by atoms with Crippen molar-refractivity contribution in [1.82, 2.24) is 4.98 Å². The Bertz CT molecular complexity index is 635. The summed E-state index contributed by atoms with van der Waals surface area (Å²) in [5, 5.41) is 0. The largest absolute Gasteiger partial charge is 0.573 e. The fourth-order valence-corrected chi connectivity index (χ4v) is 2.01. The number of nitrogens with two attached hydrogens (primary N) is 1. The van der Waals surface area contributed by atoms with Crippen LogP contribution in [0.5, 0.6) is 11.5 Å². The van der Waals surface area contributed by atoms with Gasteiger partial charge in [0.15, 0.2) is 11.6 Å². The van der Waals surface area contributed by atoms with Crippen LogP contribution in [0.3, 0.4) is 0 Å². The molecule has 21 heavy (non-hydrogen) atoms. The minimum Gasteiger partial charge on any atom is -0.485 e. The van der Waals surface area contributed by atoms with E-state index in [-0.39, 0.29) is 22.6 Å². The zero-order valence-electron chi connectivity index (χ0n) is 10.5. The molecule has 0 radical (unpaired) electrons. The molecule has 0 saturated carbocycles. The molecule has 0 aliphatic rings. The molecule has 4 nitrogen and oxygen atoms in total. The van der Waals surface area contributed by atoms with Gasteiger partial charge in [-0.05, 0) is 34.1 Å². The van der Waals surface area contributed by atoms with E-state index in [0.717, 1.165) is 0 Å². The van der Waals surface area contributed by atoms with E-state index >= 15 is 0 Å². The minimum atomic E-state index is -4.75. The molecule has 1 aromatic heterocycles. The smallest absolute Gasteiger partial charge is 0.485 e. The van der Waals surface area contributed by atoms with Gasteiger partial charge in [0.1, 0.15) is 12.4 Å². The van der Waals surface area contributed by atoms with Gasteiger partial charge in [-0.15, -0.1) is 13.2 Å². The van der Waals surface area contributed by atoms with Crippen molar-refractivity contribution in [2.45, 2.75) is 13.0 Å². The zero-order chi connectivity index (χ0) is 15.5. The van der Waals surface area contributed by atoms with Gasteiger partial charge in [-0.3, -0.25) is 0 Å². The highest BCUT2D eigenvalue weighted by Crippen LogP contribution is 2.33. The van der Waals surface area contributed by atoms with Crippen molar-refractivity contribution in [1.29, 1.82) is 0 Å². The zero-order valence-corrected chi connectivity index (χ0v) is 12.1. The van der Waals surface area contributed by atoms with Crippen LogP contribution < -0.4 is 15.2 Å². The Balaban J connectivity index is 2.14. The van der Waals surface area contributed by atoms with Gasteiger partial charge in [0.05, 0.1) is 4.47 Å². The number of pyridine rings is 1. The molecule has 0 atom stereocenters. The molecule has 2 N–H and O–H groups in total. The van der Waals surface area contributed by atoms with Crippen molar-refractivity contribution < 1.29 is 22.6 Å². The van der Waals surface area contributed by atoms with Crippen LogP contribution in [0.25, 0.3) is 0 Å². The summed E-state index contributed by atoms with van der Waals surface area (Å²) < 4.78 is 46.3. The first-order valence-electron chi connectivity index (χ1n) is 5.73. The van der Waals surface area contributed by atoms with E-state index in [4.69, 9.17) is 10.5 Å². The van der Waals surface area contributed by atoms with Gasteiger partial charge in [-0.25, -0.2) is 4.98 Å². The summed E-state index contributed by atoms with van der Waals surface area (Å²) in [5.41, 5.74) is 6.10. The van der Waals surface area contributed by atoms with E-state index in [2.05, 4.69) is 25.7 Å². The fourth-order valence-electron chi connectivity index (χ4n) is 1.55. The van der Waals surface area contributed by atoms with Gasteiger partial charge in [0.25, 0.3) is 0 Å². The van der Waals surface area contributed by atoms with Crippen molar-refractivity contribution in [3.8, 4) is 11.5 Å². The lowest BCUT2D eigenvalue weighted by Gasteiger charge is -2.14. The summed E-state index contributed by atoms with van der Waals surface area (Å²) in [5.74, 6) is 0.227. The molecule has 0 amide bonds. The molecular weight excluding hydrogens is 353 g/mol. The molecule has 2 rings (SSSR count). The lowest BCUT2D eigenvalue weighted by molar-refractivity contribution is -0.274. The number of rotatable bonds is 4. The van der Waals surface area contributed by atoms with Crippen LogP contribution >= 0.6 is 15.9 Å². The normalized spacial score (nSPS) is 11.2. The monoisotopic (exact) mass is 362 g/mol. The van der Waals surface area contributed by atoms with Crippen molar-refractivity contribution in [3.63, 3.8) is 0 Å². The second-order valence-electron chi connectivity index (χ2n) is 3.95. The Morgan fingerprint density at radius 1 is 1.14 bits per heavy atom. The quantitative estimate of drug-likeness (QED) is 0.895. The number of ether oxygens (including phenoxy) is 2. The average Bonchev–Trinajstić information content (AvgIpc) is 2.40. The molecule has 0 unspecified atom stereocenters. The first-order chi connectivity index (χ1) is 9.87. The summed E-state index contributed by atoms with van der Waals surface area (Å²) >= 11 is 3.07. The third-order valence-corrected chi connectivity index (χ3v) is 3.35. The lowest BCUT2D eigenvalue weighted by Crippen LogP contribution is -2.17. The Morgan fingerprint density at radius 3 is 2.52 bits per heavy atom. The van der Waals surface area contributed by atoms with Crippen molar-refractivity contribution in [2.24, 2.45) is 0 Å². The minimum absolute atomic E-state index is 0.0194. The summed E-state index contributed by atoms with van der Waals surface area (Å²) in [4.78, 5) is 3.85. The number of anilines is 1. The van der Waals surface area contributed by atoms with Crippen molar-refractivity contribution in [2.75, 3.05) is 5.73 Å². The molecule has 1 heterocycles. The van der Waals surface area contributed by atoms with Crippen LogP contribution in [0.1, 0.15) is 5.56 Å². The van der Waals surface area contributed by atoms with Crippen LogP contribution in [0.4, 0.5) is 19.0 Å². The summed E-state index contributed by atoms with van der Waals surface area (Å²) in [7, 11) is 0. The maximum atomic E-state index is 12.3. The summed E-state index contributed by atoms with van der Waals surface area (Å²) in [6.07, 6.45) is -3.24. The topological polar surface area (TPSA) is 57.4 Å². The van der Waals surface area contributed by atoms with E-state index < -0.39 is 6.36 Å². The van der Waals surface area contributed by atoms with Gasteiger partial charge in [-0.1, -0.05) is 12.1 Å². The molecule has 0 aliphatic carbocycles. The molecule has 0 fully saturated rings. The summed E-state index contributed by atoms with van der Waals surface area (Å²) in [6, 6.07) is 7.52. The summed E-state index contributed by atoms with van der Waals surface area (Å²) in [6.45, 7) is 0.0194. The number of aromatic nitrogens is 1. The van der Waals surface area contributed by atoms with E-state index in [1.807, 2.05) is 0 Å². The van der Waals surface area contributed by atoms with Crippen molar-refractivity contribution in [3.05, 3.63) is 46.6 Å². The second kappa shape index (κ2) is 6.21. The van der Waals surface area contributed by atoms with E-state index in [1.54, 1.807) is 18.2 Å². The number of nitrogen functional groups attached to an aromatic ring is 1. The SMILES string of the molecule is Nc1ncccc1OCc1cccc(OC(F)(F)F)c1Br. The first-order valence-corrected chi connectivity index (χ1v) is 6.52. The van der Waals surface area contributed by atoms with Gasteiger partial charge in [0.2, 0.25) is 0 Å². The van der Waals surface area contributed by atoms with Crippen LogP contribution in [0, 0.1) is 0 Å². The van der Waals surface area contributed by atoms with E-state index in [0.29, 0.717) is 11.3 Å². The van der Waals surface area contributed by atoms with E-state index in [1.165, 1.54) is 18.3 Å². The predicted molar refractivity (Wildman–Crippen MR) is 73.8 cm³/mol. The Morgan fingerprint density at radius 2 is 1.86 bits per heavy atom. The molecule has 0 saturated heterocycles. The molecule has 0 spiro atoms. The third-order valence-electron chi connectivity index (χ3n) is 2.45. The van der Waals surface area contributed by atoms with Gasteiger partial charge >= 0.3 is 6.36 Å². The molecule has 0 bridgehead atoms. The molecule has 112 valence electrons. The predicted octanol–water partition coefficient (Wildman–Crippen LogP) is 3.90. The number of hydrogen-bond acceptors (Lipinski definition) is 4.